The van der Waals surface area contributed by atoms with Gasteiger partial charge in [0.25, 0.3) is 11.8 Å². The minimum Gasteiger partial charge on any atom is -0.497 e. The summed E-state index contributed by atoms with van der Waals surface area (Å²) in [5.74, 6) is -1.07. The molecule has 0 aliphatic carbocycles. The molecule has 0 saturated heterocycles. The normalized spacial score (nSPS) is 11.3. The van der Waals surface area contributed by atoms with Crippen LogP contribution in [-0.2, 0) is 13.1 Å². The summed E-state index contributed by atoms with van der Waals surface area (Å²) >= 11 is 0. The molecule has 0 spiro atoms. The predicted molar refractivity (Wildman–Crippen MR) is 210 cm³/mol. The topological polar surface area (TPSA) is 277 Å². The largest absolute Gasteiger partial charge is 0.497 e. The summed E-state index contributed by atoms with van der Waals surface area (Å²) < 4.78 is 37.4. The van der Waals surface area contributed by atoms with Gasteiger partial charge in [0.2, 0.25) is 11.8 Å². The van der Waals surface area contributed by atoms with Gasteiger partial charge in [-0.3, -0.25) is 9.59 Å². The van der Waals surface area contributed by atoms with Crippen molar-refractivity contribution in [3.8, 4) is 68.7 Å². The van der Waals surface area contributed by atoms with Crippen LogP contribution in [0, 0.1) is 0 Å². The predicted octanol–water partition coefficient (Wildman–Crippen LogP) is 3.73. The average molecular weight is 803 g/mol. The maximum Gasteiger partial charge on any atom is 0.434 e. The molecule has 2 amide bonds. The van der Waals surface area contributed by atoms with Gasteiger partial charge < -0.3 is 48.4 Å². The summed E-state index contributed by atoms with van der Waals surface area (Å²) in [4.78, 5) is 59.4. The van der Waals surface area contributed by atoms with Crippen molar-refractivity contribution in [3.05, 3.63) is 92.9 Å². The molecule has 0 aliphatic rings. The van der Waals surface area contributed by atoms with Gasteiger partial charge in [0.05, 0.1) is 61.2 Å². The average Bonchev–Trinajstić information content (AvgIpc) is 4.04. The van der Waals surface area contributed by atoms with Crippen LogP contribution in [0.4, 0.5) is 0 Å². The second kappa shape index (κ2) is 15.1. The molecule has 0 unspecified atom stereocenters. The third-order valence-corrected chi connectivity index (χ3v) is 9.58. The molecule has 0 atom stereocenters. The number of benzene rings is 4. The first-order valence-electron chi connectivity index (χ1n) is 17.9. The van der Waals surface area contributed by atoms with Crippen molar-refractivity contribution in [1.82, 2.24) is 39.5 Å². The number of nitrogens with two attached hydrogens (primary N) is 2. The first-order chi connectivity index (χ1) is 28.5. The Kier molecular flexibility index (Phi) is 9.64. The number of hydrogen-bond acceptors (Lipinski definition) is 14. The molecule has 59 heavy (non-hydrogen) atoms. The molecule has 8 aromatic rings. The molecule has 0 aliphatic heterocycles. The Morgan fingerprint density at radius 1 is 0.644 bits per heavy atom. The van der Waals surface area contributed by atoms with Crippen LogP contribution in [0.1, 0.15) is 27.6 Å². The molecule has 6 N–H and O–H groups in total. The van der Waals surface area contributed by atoms with Gasteiger partial charge in [-0.15, -0.1) is 10.2 Å². The van der Waals surface area contributed by atoms with E-state index in [0.29, 0.717) is 74.1 Å². The van der Waals surface area contributed by atoms with Gasteiger partial charge in [0.15, 0.2) is 11.5 Å². The molecule has 4 aromatic heterocycles. The highest BCUT2D eigenvalue weighted by molar-refractivity contribution is 6.03. The third-order valence-electron chi connectivity index (χ3n) is 9.58. The molecule has 4 aromatic carbocycles. The van der Waals surface area contributed by atoms with Crippen molar-refractivity contribution in [2.24, 2.45) is 11.5 Å². The molecule has 20 heteroatoms. The van der Waals surface area contributed by atoms with E-state index in [1.807, 2.05) is 16.1 Å². The highest BCUT2D eigenvalue weighted by Gasteiger charge is 2.27. The van der Waals surface area contributed by atoms with E-state index in [9.17, 15) is 19.2 Å². The van der Waals surface area contributed by atoms with Crippen molar-refractivity contribution in [2.45, 2.75) is 20.0 Å². The second-order valence-electron chi connectivity index (χ2n) is 12.8. The van der Waals surface area contributed by atoms with E-state index in [2.05, 4.69) is 20.4 Å². The van der Waals surface area contributed by atoms with E-state index in [0.717, 1.165) is 0 Å². The molecular weight excluding hydrogens is 768 g/mol. The SMILES string of the molecule is CCOc1ccc(-c2n[nH]c(=O)o2)c(-c2nc3c(OC)c(C(N)=O)ccc3n2CCn2c(-c3ccc(OC)cc3-c3n[nH]c(=O)o3)nc3c(OC)c(C(N)=O)ccc32)c1. The number of carbonyl (C=O) groups excluding carboxylic acids is 2. The summed E-state index contributed by atoms with van der Waals surface area (Å²) in [5, 5.41) is 12.8. The molecule has 0 radical (unpaired) electrons. The van der Waals surface area contributed by atoms with E-state index in [1.54, 1.807) is 60.7 Å². The molecule has 4 heterocycles. The number of aryl methyl sites for hydroxylation is 2. The van der Waals surface area contributed by atoms with Crippen molar-refractivity contribution < 1.29 is 37.4 Å². The van der Waals surface area contributed by atoms with Crippen LogP contribution in [0.15, 0.2) is 79.1 Å². The standard InChI is InChI=1S/C39H34N10O10/c1-5-57-19-7-9-21(36-44-46-38(52)58-36)24(17-19)35-43-29-27(13-11-23(33(41)51)31(29)56-4)49(35)15-14-48-26-12-10-22(32(40)50)30(55-3)28(26)42-34(48)20-8-6-18(54-2)16-25(20)37-45-47-39(53)59-37/h6-13,16-17H,5,14-15H2,1-4H3,(H2,40,50)(H2,41,51)(H,46,52)(H,47,53). The Morgan fingerprint density at radius 3 is 1.61 bits per heavy atom. The number of H-pyrrole nitrogens is 2. The lowest BCUT2D eigenvalue weighted by Crippen LogP contribution is -2.13. The zero-order chi connectivity index (χ0) is 41.5. The first-order valence-corrected chi connectivity index (χ1v) is 17.9. The van der Waals surface area contributed by atoms with Crippen LogP contribution >= 0.6 is 0 Å². The molecule has 0 bridgehead atoms. The zero-order valence-corrected chi connectivity index (χ0v) is 31.8. The number of rotatable bonds is 14. The number of nitrogens with zero attached hydrogens (tertiary/aromatic N) is 6. The van der Waals surface area contributed by atoms with Crippen LogP contribution in [-0.4, -0.2) is 79.2 Å². The lowest BCUT2D eigenvalue weighted by Gasteiger charge is -2.16. The molecule has 300 valence electrons. The van der Waals surface area contributed by atoms with Crippen molar-refractivity contribution in [2.75, 3.05) is 27.9 Å². The maximum atomic E-state index is 12.6. The summed E-state index contributed by atoms with van der Waals surface area (Å²) in [6.45, 7) is 2.52. The number of methoxy groups -OCH3 is 3. The Morgan fingerprint density at radius 2 is 1.14 bits per heavy atom. The number of nitrogens with one attached hydrogen (secondary N) is 2. The lowest BCUT2D eigenvalue weighted by molar-refractivity contribution is 0.0989. The number of aromatic nitrogens is 8. The fraction of sp³-hybridized carbons (Fsp3) is 0.179. The van der Waals surface area contributed by atoms with Gasteiger partial charge in [-0.25, -0.2) is 29.8 Å². The molecule has 0 saturated carbocycles. The quantitative estimate of drug-likeness (QED) is 0.122. The fourth-order valence-electron chi connectivity index (χ4n) is 7.06. The van der Waals surface area contributed by atoms with Gasteiger partial charge in [0.1, 0.15) is 34.2 Å². The van der Waals surface area contributed by atoms with E-state index >= 15 is 0 Å². The van der Waals surface area contributed by atoms with Gasteiger partial charge >= 0.3 is 11.5 Å². The number of primary amides is 2. The third kappa shape index (κ3) is 6.56. The first kappa shape index (κ1) is 37.7. The Balaban J connectivity index is 1.39. The lowest BCUT2D eigenvalue weighted by atomic mass is 10.1. The highest BCUT2D eigenvalue weighted by Crippen LogP contribution is 2.41. The van der Waals surface area contributed by atoms with Crippen LogP contribution in [0.25, 0.3) is 67.8 Å². The Bertz CT molecular complexity index is 3060. The smallest absolute Gasteiger partial charge is 0.434 e. The molecular formula is C39H34N10O10. The van der Waals surface area contributed by atoms with E-state index in [-0.39, 0.29) is 47.5 Å². The minimum absolute atomic E-state index is 0.00580. The summed E-state index contributed by atoms with van der Waals surface area (Å²) in [7, 11) is 4.31. The fourth-order valence-corrected chi connectivity index (χ4v) is 7.06. The number of imidazole rings is 2. The Labute approximate surface area is 331 Å². The van der Waals surface area contributed by atoms with Crippen LogP contribution in [0.2, 0.25) is 0 Å². The van der Waals surface area contributed by atoms with Gasteiger partial charge in [-0.2, -0.15) is 0 Å². The van der Waals surface area contributed by atoms with Gasteiger partial charge in [0, 0.05) is 24.2 Å². The summed E-state index contributed by atoms with van der Waals surface area (Å²) in [6, 6.07) is 16.7. The van der Waals surface area contributed by atoms with Gasteiger partial charge in [-0.05, 0) is 67.6 Å². The van der Waals surface area contributed by atoms with E-state index in [4.69, 9.17) is 49.2 Å². The number of fused-ring (bicyclic) bond motifs is 2. The van der Waals surface area contributed by atoms with Crippen LogP contribution in [0.5, 0.6) is 23.0 Å². The number of ether oxygens (including phenoxy) is 4. The van der Waals surface area contributed by atoms with Crippen molar-refractivity contribution >= 4 is 33.9 Å². The van der Waals surface area contributed by atoms with Crippen LogP contribution in [0.3, 0.4) is 0 Å². The minimum atomic E-state index is -0.772. The zero-order valence-electron chi connectivity index (χ0n) is 31.8. The monoisotopic (exact) mass is 802 g/mol. The second-order valence-corrected chi connectivity index (χ2v) is 12.8. The van der Waals surface area contributed by atoms with E-state index < -0.39 is 23.3 Å². The molecule has 0 fully saturated rings. The number of amides is 2. The summed E-state index contributed by atoms with van der Waals surface area (Å²) in [5.41, 5.74) is 15.1. The molecule has 20 nitrogen and oxygen atoms in total. The van der Waals surface area contributed by atoms with E-state index in [1.165, 1.54) is 21.3 Å². The molecule has 8 rings (SSSR count). The van der Waals surface area contributed by atoms with Crippen molar-refractivity contribution in [3.63, 3.8) is 0 Å². The maximum absolute atomic E-state index is 12.6. The Hall–Kier alpha value is -8.16. The number of aromatic amines is 2. The number of carbonyl (C=O) groups is 2. The van der Waals surface area contributed by atoms with Crippen LogP contribution < -0.4 is 41.9 Å². The summed E-state index contributed by atoms with van der Waals surface area (Å²) in [6.07, 6.45) is 0. The number of hydrogen-bond donors (Lipinski definition) is 4. The highest BCUT2D eigenvalue weighted by atomic mass is 16.5. The van der Waals surface area contributed by atoms with Gasteiger partial charge in [-0.1, -0.05) is 0 Å². The van der Waals surface area contributed by atoms with Crippen molar-refractivity contribution in [1.29, 1.82) is 0 Å².